The molecule has 114 valence electrons. The molecule has 2 N–H and O–H groups in total. The van der Waals surface area contributed by atoms with Crippen LogP contribution in [0.3, 0.4) is 0 Å². The van der Waals surface area contributed by atoms with Gasteiger partial charge in [0.2, 0.25) is 0 Å². The van der Waals surface area contributed by atoms with E-state index in [2.05, 4.69) is 5.32 Å². The Balaban J connectivity index is 3.07. The summed E-state index contributed by atoms with van der Waals surface area (Å²) in [5, 5.41) is 12.3. The summed E-state index contributed by atoms with van der Waals surface area (Å²) in [5.74, 6) is -0.903. The Morgan fingerprint density at radius 2 is 1.80 bits per heavy atom. The van der Waals surface area contributed by atoms with Crippen LogP contribution in [0.25, 0.3) is 0 Å². The second-order valence-electron chi connectivity index (χ2n) is 4.55. The normalized spacial score (nSPS) is 13.3. The van der Waals surface area contributed by atoms with Crippen LogP contribution in [-0.4, -0.2) is 23.3 Å². The fourth-order valence-corrected chi connectivity index (χ4v) is 2.81. The predicted octanol–water partition coefficient (Wildman–Crippen LogP) is 4.22. The van der Waals surface area contributed by atoms with Crippen molar-refractivity contribution in [2.45, 2.75) is 50.9 Å². The van der Waals surface area contributed by atoms with Crippen molar-refractivity contribution in [1.82, 2.24) is 0 Å². The molecule has 20 heavy (non-hydrogen) atoms. The Labute approximate surface area is 121 Å². The standard InChI is InChI=1S/C14H20F3NOS/c1-4-10-6-11(5-2)13(20-8-14(15,16)17)7-12(10)18-9(3)19/h6-7,9,18-19H,4-5,8H2,1-3H3. The van der Waals surface area contributed by atoms with Crippen LogP contribution in [0.1, 0.15) is 31.9 Å². The minimum absolute atomic E-state index is 0.616. The number of nitrogens with one attached hydrogen (secondary N) is 1. The second-order valence-corrected chi connectivity index (χ2v) is 5.57. The van der Waals surface area contributed by atoms with Gasteiger partial charge in [-0.2, -0.15) is 13.2 Å². The number of aryl methyl sites for hydroxylation is 2. The fourth-order valence-electron chi connectivity index (χ4n) is 1.90. The third-order valence-corrected chi connectivity index (χ3v) is 3.97. The van der Waals surface area contributed by atoms with Crippen molar-refractivity contribution in [3.05, 3.63) is 23.3 Å². The van der Waals surface area contributed by atoms with E-state index >= 15 is 0 Å². The molecule has 0 aromatic heterocycles. The Morgan fingerprint density at radius 1 is 1.20 bits per heavy atom. The Kier molecular flexibility index (Phi) is 6.20. The first kappa shape index (κ1) is 17.2. The van der Waals surface area contributed by atoms with Crippen LogP contribution in [-0.2, 0) is 12.8 Å². The molecule has 0 spiro atoms. The van der Waals surface area contributed by atoms with E-state index in [4.69, 9.17) is 0 Å². The number of benzene rings is 1. The van der Waals surface area contributed by atoms with Gasteiger partial charge in [-0.15, -0.1) is 11.8 Å². The highest BCUT2D eigenvalue weighted by Gasteiger charge is 2.27. The molecule has 1 aromatic carbocycles. The molecule has 1 unspecified atom stereocenters. The van der Waals surface area contributed by atoms with E-state index in [0.29, 0.717) is 17.0 Å². The number of hydrogen-bond donors (Lipinski definition) is 2. The molecule has 1 aromatic rings. The molecule has 0 aliphatic rings. The lowest BCUT2D eigenvalue weighted by molar-refractivity contribution is -0.105. The zero-order valence-electron chi connectivity index (χ0n) is 11.8. The number of aliphatic hydroxyl groups excluding tert-OH is 1. The first-order valence-corrected chi connectivity index (χ1v) is 7.55. The van der Waals surface area contributed by atoms with Crippen molar-refractivity contribution in [2.75, 3.05) is 11.1 Å². The maximum absolute atomic E-state index is 12.4. The minimum atomic E-state index is -4.18. The van der Waals surface area contributed by atoms with Gasteiger partial charge in [0.25, 0.3) is 0 Å². The van der Waals surface area contributed by atoms with Crippen LogP contribution >= 0.6 is 11.8 Å². The van der Waals surface area contributed by atoms with Crippen molar-refractivity contribution in [1.29, 1.82) is 0 Å². The summed E-state index contributed by atoms with van der Waals surface area (Å²) in [6.07, 6.45) is -3.49. The lowest BCUT2D eigenvalue weighted by Gasteiger charge is -2.18. The molecule has 0 heterocycles. The highest BCUT2D eigenvalue weighted by molar-refractivity contribution is 7.99. The molecule has 2 nitrogen and oxygen atoms in total. The zero-order chi connectivity index (χ0) is 15.3. The minimum Gasteiger partial charge on any atom is -0.374 e. The third-order valence-electron chi connectivity index (χ3n) is 2.80. The van der Waals surface area contributed by atoms with Gasteiger partial charge in [-0.3, -0.25) is 0 Å². The molecular formula is C14H20F3NOS. The highest BCUT2D eigenvalue weighted by atomic mass is 32.2. The Hall–Kier alpha value is -0.880. The molecule has 0 saturated carbocycles. The fraction of sp³-hybridized carbons (Fsp3) is 0.571. The smallest absolute Gasteiger partial charge is 0.374 e. The lowest BCUT2D eigenvalue weighted by atomic mass is 10.0. The average molecular weight is 307 g/mol. The van der Waals surface area contributed by atoms with Gasteiger partial charge in [-0.25, -0.2) is 0 Å². The van der Waals surface area contributed by atoms with E-state index in [1.807, 2.05) is 19.9 Å². The van der Waals surface area contributed by atoms with E-state index in [9.17, 15) is 18.3 Å². The summed E-state index contributed by atoms with van der Waals surface area (Å²) >= 11 is 0.792. The molecule has 0 aliphatic heterocycles. The van der Waals surface area contributed by atoms with Crippen LogP contribution in [0.5, 0.6) is 0 Å². The topological polar surface area (TPSA) is 32.3 Å². The van der Waals surface area contributed by atoms with Crippen molar-refractivity contribution in [3.8, 4) is 0 Å². The van der Waals surface area contributed by atoms with Gasteiger partial charge in [-0.1, -0.05) is 19.9 Å². The number of thioether (sulfide) groups is 1. The molecule has 0 saturated heterocycles. The molecule has 0 fully saturated rings. The van der Waals surface area contributed by atoms with Crippen LogP contribution in [0.15, 0.2) is 17.0 Å². The van der Waals surface area contributed by atoms with Crippen LogP contribution in [0.4, 0.5) is 18.9 Å². The molecule has 0 bridgehead atoms. The largest absolute Gasteiger partial charge is 0.398 e. The molecule has 6 heteroatoms. The van der Waals surface area contributed by atoms with Gasteiger partial charge in [0.15, 0.2) is 0 Å². The summed E-state index contributed by atoms with van der Waals surface area (Å²) in [5.41, 5.74) is 2.61. The molecule has 0 radical (unpaired) electrons. The monoisotopic (exact) mass is 307 g/mol. The Morgan fingerprint density at radius 3 is 2.25 bits per heavy atom. The summed E-state index contributed by atoms with van der Waals surface area (Å²) in [6, 6.07) is 3.63. The van der Waals surface area contributed by atoms with Crippen LogP contribution in [0.2, 0.25) is 0 Å². The summed E-state index contributed by atoms with van der Waals surface area (Å²) in [7, 11) is 0. The first-order chi connectivity index (χ1) is 9.26. The first-order valence-electron chi connectivity index (χ1n) is 6.56. The van der Waals surface area contributed by atoms with Crippen molar-refractivity contribution in [2.24, 2.45) is 0 Å². The average Bonchev–Trinajstić information content (AvgIpc) is 2.34. The SMILES string of the molecule is CCc1cc(CC)c(SCC(F)(F)F)cc1NC(C)O. The summed E-state index contributed by atoms with van der Waals surface area (Å²) < 4.78 is 37.1. The number of hydrogen-bond acceptors (Lipinski definition) is 3. The summed E-state index contributed by atoms with van der Waals surface area (Å²) in [4.78, 5) is 0.616. The van der Waals surface area contributed by atoms with Gasteiger partial charge in [0.05, 0.1) is 5.75 Å². The van der Waals surface area contributed by atoms with Crippen molar-refractivity contribution >= 4 is 17.4 Å². The van der Waals surface area contributed by atoms with Crippen LogP contribution < -0.4 is 5.32 Å². The van der Waals surface area contributed by atoms with E-state index in [0.717, 1.165) is 29.3 Å². The zero-order valence-corrected chi connectivity index (χ0v) is 12.7. The van der Waals surface area contributed by atoms with Gasteiger partial charge in [0.1, 0.15) is 6.23 Å². The van der Waals surface area contributed by atoms with Gasteiger partial charge < -0.3 is 10.4 Å². The van der Waals surface area contributed by atoms with Crippen molar-refractivity contribution in [3.63, 3.8) is 0 Å². The van der Waals surface area contributed by atoms with Gasteiger partial charge >= 0.3 is 6.18 Å². The maximum Gasteiger partial charge on any atom is 0.398 e. The quantitative estimate of drug-likeness (QED) is 0.610. The number of alkyl halides is 3. The van der Waals surface area contributed by atoms with E-state index < -0.39 is 18.2 Å². The number of anilines is 1. The second kappa shape index (κ2) is 7.22. The van der Waals surface area contributed by atoms with Gasteiger partial charge in [0, 0.05) is 10.6 Å². The third kappa shape index (κ3) is 5.25. The van der Waals surface area contributed by atoms with E-state index in [1.54, 1.807) is 13.0 Å². The van der Waals surface area contributed by atoms with Crippen molar-refractivity contribution < 1.29 is 18.3 Å². The van der Waals surface area contributed by atoms with Gasteiger partial charge in [-0.05, 0) is 37.0 Å². The van der Waals surface area contributed by atoms with E-state index in [-0.39, 0.29) is 0 Å². The van der Waals surface area contributed by atoms with E-state index in [1.165, 1.54) is 0 Å². The molecule has 0 aliphatic carbocycles. The molecule has 1 rings (SSSR count). The Bertz CT molecular complexity index is 447. The predicted molar refractivity (Wildman–Crippen MR) is 77.3 cm³/mol. The number of aliphatic hydroxyl groups is 1. The highest BCUT2D eigenvalue weighted by Crippen LogP contribution is 2.33. The number of rotatable bonds is 6. The number of halogens is 3. The molecule has 0 amide bonds. The molecule has 1 atom stereocenters. The lowest BCUT2D eigenvalue weighted by Crippen LogP contribution is -2.15. The molecular weight excluding hydrogens is 287 g/mol. The summed E-state index contributed by atoms with van der Waals surface area (Å²) in [6.45, 7) is 5.48. The van der Waals surface area contributed by atoms with Crippen LogP contribution in [0, 0.1) is 0 Å². The maximum atomic E-state index is 12.4.